The average molecular weight is 335 g/mol. The third kappa shape index (κ3) is 4.35. The molecule has 2 rings (SSSR count). The van der Waals surface area contributed by atoms with E-state index in [1.807, 2.05) is 42.7 Å². The van der Waals surface area contributed by atoms with E-state index in [4.69, 9.17) is 0 Å². The van der Waals surface area contributed by atoms with Crippen LogP contribution in [0.3, 0.4) is 0 Å². The Morgan fingerprint density at radius 1 is 1.00 bits per heavy atom. The Hall–Kier alpha value is -1.30. The largest absolute Gasteiger partial charge is 0.240 e. The molecule has 0 atom stereocenters. The van der Waals surface area contributed by atoms with Crippen molar-refractivity contribution in [2.45, 2.75) is 36.1 Å². The highest BCUT2D eigenvalue weighted by atomic mass is 32.2. The van der Waals surface area contributed by atoms with Crippen LogP contribution in [0.1, 0.15) is 30.9 Å². The van der Waals surface area contributed by atoms with Crippen LogP contribution >= 0.6 is 11.8 Å². The molecule has 118 valence electrons. The van der Waals surface area contributed by atoms with Gasteiger partial charge in [-0.3, -0.25) is 0 Å². The van der Waals surface area contributed by atoms with Crippen molar-refractivity contribution in [2.75, 3.05) is 6.26 Å². The van der Waals surface area contributed by atoms with Gasteiger partial charge in [-0.1, -0.05) is 38.1 Å². The molecule has 0 aliphatic rings. The lowest BCUT2D eigenvalue weighted by molar-refractivity contribution is 0.581. The summed E-state index contributed by atoms with van der Waals surface area (Å²) in [4.78, 5) is 1.34. The van der Waals surface area contributed by atoms with Gasteiger partial charge >= 0.3 is 0 Å². The van der Waals surface area contributed by atoms with Crippen LogP contribution in [-0.4, -0.2) is 14.7 Å². The van der Waals surface area contributed by atoms with Crippen molar-refractivity contribution in [3.05, 3.63) is 59.7 Å². The standard InChI is InChI=1S/C17H21NO2S2/c1-13(2)15-6-4-14(5-7-15)12-18-22(19,20)17-10-8-16(21-3)9-11-17/h4-11,13,18H,12H2,1-3H3. The fraction of sp³-hybridized carbons (Fsp3) is 0.294. The Kier molecular flexibility index (Phi) is 5.67. The third-order valence-electron chi connectivity index (χ3n) is 3.48. The first kappa shape index (κ1) is 17.1. The molecule has 5 heteroatoms. The highest BCUT2D eigenvalue weighted by molar-refractivity contribution is 7.98. The van der Waals surface area contributed by atoms with E-state index in [1.54, 1.807) is 23.9 Å². The molecule has 0 fully saturated rings. The van der Waals surface area contributed by atoms with E-state index >= 15 is 0 Å². The smallest absolute Gasteiger partial charge is 0.207 e. The normalized spacial score (nSPS) is 11.8. The molecule has 0 bridgehead atoms. The molecule has 0 saturated carbocycles. The molecule has 0 spiro atoms. The number of hydrogen-bond donors (Lipinski definition) is 1. The first-order valence-electron chi connectivity index (χ1n) is 7.15. The summed E-state index contributed by atoms with van der Waals surface area (Å²) < 4.78 is 27.2. The second-order valence-electron chi connectivity index (χ2n) is 5.40. The molecule has 0 radical (unpaired) electrons. The fourth-order valence-electron chi connectivity index (χ4n) is 2.04. The van der Waals surface area contributed by atoms with Crippen molar-refractivity contribution >= 4 is 21.8 Å². The number of rotatable bonds is 6. The molecule has 22 heavy (non-hydrogen) atoms. The van der Waals surface area contributed by atoms with E-state index in [-0.39, 0.29) is 0 Å². The van der Waals surface area contributed by atoms with Gasteiger partial charge in [-0.15, -0.1) is 11.8 Å². The van der Waals surface area contributed by atoms with E-state index < -0.39 is 10.0 Å². The van der Waals surface area contributed by atoms with Crippen LogP contribution in [0, 0.1) is 0 Å². The summed E-state index contributed by atoms with van der Waals surface area (Å²) in [6.07, 6.45) is 1.96. The number of hydrogen-bond acceptors (Lipinski definition) is 3. The lowest BCUT2D eigenvalue weighted by atomic mass is 10.0. The van der Waals surface area contributed by atoms with Gasteiger partial charge in [0, 0.05) is 11.4 Å². The Labute approximate surface area is 137 Å². The summed E-state index contributed by atoms with van der Waals surface area (Å²) in [5.74, 6) is 0.473. The predicted octanol–water partition coefficient (Wildman–Crippen LogP) is 4.01. The topological polar surface area (TPSA) is 46.2 Å². The van der Waals surface area contributed by atoms with Gasteiger partial charge in [-0.2, -0.15) is 0 Å². The second-order valence-corrected chi connectivity index (χ2v) is 8.04. The van der Waals surface area contributed by atoms with Crippen molar-refractivity contribution in [3.8, 4) is 0 Å². The fourth-order valence-corrected chi connectivity index (χ4v) is 3.46. The zero-order chi connectivity index (χ0) is 16.2. The molecular formula is C17H21NO2S2. The van der Waals surface area contributed by atoms with Crippen molar-refractivity contribution in [3.63, 3.8) is 0 Å². The highest BCUT2D eigenvalue weighted by Crippen LogP contribution is 2.18. The maximum Gasteiger partial charge on any atom is 0.240 e. The molecule has 0 heterocycles. The minimum atomic E-state index is -3.47. The first-order valence-corrected chi connectivity index (χ1v) is 9.86. The van der Waals surface area contributed by atoms with Crippen molar-refractivity contribution in [1.82, 2.24) is 4.72 Å². The van der Waals surface area contributed by atoms with Crippen molar-refractivity contribution in [1.29, 1.82) is 0 Å². The minimum absolute atomic E-state index is 0.295. The van der Waals surface area contributed by atoms with Crippen LogP contribution in [0.2, 0.25) is 0 Å². The molecule has 3 nitrogen and oxygen atoms in total. The van der Waals surface area contributed by atoms with Gasteiger partial charge in [0.25, 0.3) is 0 Å². The molecule has 1 N–H and O–H groups in total. The Balaban J connectivity index is 2.05. The zero-order valence-electron chi connectivity index (χ0n) is 13.0. The van der Waals surface area contributed by atoms with E-state index in [2.05, 4.69) is 18.6 Å². The Morgan fingerprint density at radius 2 is 1.59 bits per heavy atom. The van der Waals surface area contributed by atoms with Crippen LogP contribution in [0.25, 0.3) is 0 Å². The maximum absolute atomic E-state index is 12.3. The van der Waals surface area contributed by atoms with Crippen LogP contribution in [0.4, 0.5) is 0 Å². The Bertz CT molecular complexity index is 705. The van der Waals surface area contributed by atoms with E-state index in [0.29, 0.717) is 17.4 Å². The van der Waals surface area contributed by atoms with Crippen molar-refractivity contribution in [2.24, 2.45) is 0 Å². The van der Waals surface area contributed by atoms with Gasteiger partial charge in [0.15, 0.2) is 0 Å². The Morgan fingerprint density at radius 3 is 2.09 bits per heavy atom. The quantitative estimate of drug-likeness (QED) is 0.811. The van der Waals surface area contributed by atoms with Crippen LogP contribution in [-0.2, 0) is 16.6 Å². The lowest BCUT2D eigenvalue weighted by Crippen LogP contribution is -2.23. The van der Waals surface area contributed by atoms with Gasteiger partial charge < -0.3 is 0 Å². The van der Waals surface area contributed by atoms with Gasteiger partial charge in [0.2, 0.25) is 10.0 Å². The first-order chi connectivity index (χ1) is 10.4. The summed E-state index contributed by atoms with van der Waals surface area (Å²) >= 11 is 1.59. The average Bonchev–Trinajstić information content (AvgIpc) is 2.53. The molecule has 2 aromatic carbocycles. The minimum Gasteiger partial charge on any atom is -0.207 e. The summed E-state index contributed by atoms with van der Waals surface area (Å²) in [6.45, 7) is 4.57. The number of nitrogens with one attached hydrogen (secondary N) is 1. The number of thioether (sulfide) groups is 1. The molecule has 0 aliphatic carbocycles. The molecular weight excluding hydrogens is 314 g/mol. The number of benzene rings is 2. The summed E-state index contributed by atoms with van der Waals surface area (Å²) in [5, 5.41) is 0. The molecule has 0 aromatic heterocycles. The summed E-state index contributed by atoms with van der Waals surface area (Å²) in [5.41, 5.74) is 2.20. The highest BCUT2D eigenvalue weighted by Gasteiger charge is 2.13. The summed E-state index contributed by atoms with van der Waals surface area (Å²) in [6, 6.07) is 14.9. The summed E-state index contributed by atoms with van der Waals surface area (Å²) in [7, 11) is -3.47. The SMILES string of the molecule is CSc1ccc(S(=O)(=O)NCc2ccc(C(C)C)cc2)cc1. The zero-order valence-corrected chi connectivity index (χ0v) is 14.7. The van der Waals surface area contributed by atoms with E-state index in [0.717, 1.165) is 10.5 Å². The second kappa shape index (κ2) is 7.31. The van der Waals surface area contributed by atoms with Crippen LogP contribution in [0.5, 0.6) is 0 Å². The molecule has 0 unspecified atom stereocenters. The third-order valence-corrected chi connectivity index (χ3v) is 5.64. The van der Waals surface area contributed by atoms with E-state index in [1.165, 1.54) is 5.56 Å². The van der Waals surface area contributed by atoms with Gasteiger partial charge in [0.1, 0.15) is 0 Å². The van der Waals surface area contributed by atoms with E-state index in [9.17, 15) is 8.42 Å². The monoisotopic (exact) mass is 335 g/mol. The molecule has 0 aliphatic heterocycles. The predicted molar refractivity (Wildman–Crippen MR) is 92.8 cm³/mol. The van der Waals surface area contributed by atoms with Crippen molar-refractivity contribution < 1.29 is 8.42 Å². The van der Waals surface area contributed by atoms with Crippen LogP contribution < -0.4 is 4.72 Å². The van der Waals surface area contributed by atoms with Gasteiger partial charge in [-0.25, -0.2) is 13.1 Å². The van der Waals surface area contributed by atoms with Crippen LogP contribution in [0.15, 0.2) is 58.3 Å². The molecule has 2 aromatic rings. The molecule has 0 saturated heterocycles. The van der Waals surface area contributed by atoms with Gasteiger partial charge in [0.05, 0.1) is 4.90 Å². The lowest BCUT2D eigenvalue weighted by Gasteiger charge is -2.09. The van der Waals surface area contributed by atoms with Gasteiger partial charge in [-0.05, 0) is 47.6 Å². The maximum atomic E-state index is 12.3. The molecule has 0 amide bonds. The number of sulfonamides is 1.